The fraction of sp³-hybridized carbons (Fsp3) is 0.438. The third kappa shape index (κ3) is 4.54. The maximum Gasteiger partial charge on any atom is 0.435 e. The minimum Gasteiger partial charge on any atom is -0.351 e. The summed E-state index contributed by atoms with van der Waals surface area (Å²) in [5.74, 6) is -0.829. The minimum atomic E-state index is -4.64. The van der Waals surface area contributed by atoms with Crippen molar-refractivity contribution in [2.24, 2.45) is 13.0 Å². The molecule has 0 saturated carbocycles. The van der Waals surface area contributed by atoms with Crippen molar-refractivity contribution in [3.05, 3.63) is 34.6 Å². The number of hydrogen-bond donors (Lipinski definition) is 1. The van der Waals surface area contributed by atoms with Gasteiger partial charge in [-0.3, -0.25) is 14.2 Å². The van der Waals surface area contributed by atoms with Crippen LogP contribution in [0.2, 0.25) is 0 Å². The number of hydrogen-bond acceptors (Lipinski definition) is 4. The number of thiophene rings is 1. The summed E-state index contributed by atoms with van der Waals surface area (Å²) in [5, 5.41) is 9.31. The molecule has 29 heavy (non-hydrogen) atoms. The van der Waals surface area contributed by atoms with E-state index in [-0.39, 0.29) is 34.1 Å². The molecular weight excluding hydrogens is 424 g/mol. The van der Waals surface area contributed by atoms with Gasteiger partial charge in [0.05, 0.1) is 4.88 Å². The maximum atomic E-state index is 13.0. The summed E-state index contributed by atoms with van der Waals surface area (Å²) in [6, 6.07) is 1.99. The average molecular weight is 439 g/mol. The van der Waals surface area contributed by atoms with Crippen molar-refractivity contribution >= 4 is 27.5 Å². The summed E-state index contributed by atoms with van der Waals surface area (Å²) in [4.78, 5) is 12.6. The lowest BCUT2D eigenvalue weighted by Crippen LogP contribution is -2.29. The molecular formula is C16H15F6N5OS. The Labute approximate surface area is 164 Å². The normalized spacial score (nSPS) is 13.8. The number of nitrogens with one attached hydrogen (secondary N) is 1. The van der Waals surface area contributed by atoms with E-state index in [1.807, 2.05) is 0 Å². The first-order valence-corrected chi connectivity index (χ1v) is 9.10. The molecule has 1 amide bonds. The zero-order valence-electron chi connectivity index (χ0n) is 15.1. The Bertz CT molecular complexity index is 1030. The second-order valence-electron chi connectivity index (χ2n) is 6.54. The van der Waals surface area contributed by atoms with E-state index in [1.54, 1.807) is 6.92 Å². The van der Waals surface area contributed by atoms with Gasteiger partial charge in [-0.2, -0.15) is 36.5 Å². The van der Waals surface area contributed by atoms with Crippen LogP contribution in [0, 0.1) is 5.92 Å². The van der Waals surface area contributed by atoms with Crippen molar-refractivity contribution in [1.29, 1.82) is 0 Å². The fourth-order valence-electron chi connectivity index (χ4n) is 2.71. The van der Waals surface area contributed by atoms with E-state index in [9.17, 15) is 31.1 Å². The molecule has 0 radical (unpaired) electrons. The van der Waals surface area contributed by atoms with Gasteiger partial charge in [-0.05, 0) is 18.1 Å². The number of nitrogens with zero attached hydrogens (tertiary/aromatic N) is 4. The first-order chi connectivity index (χ1) is 13.4. The van der Waals surface area contributed by atoms with E-state index in [0.29, 0.717) is 0 Å². The molecule has 0 aliphatic heterocycles. The Morgan fingerprint density at radius 1 is 1.21 bits per heavy atom. The molecule has 3 heterocycles. The first kappa shape index (κ1) is 21.1. The van der Waals surface area contributed by atoms with Crippen LogP contribution in [0.1, 0.15) is 28.0 Å². The molecule has 3 aromatic heterocycles. The fourth-order valence-corrected chi connectivity index (χ4v) is 3.70. The van der Waals surface area contributed by atoms with E-state index in [1.165, 1.54) is 13.2 Å². The summed E-state index contributed by atoms with van der Waals surface area (Å²) in [6.07, 6.45) is -7.98. The minimum absolute atomic E-state index is 0.0872. The SMILES string of the molecule is CC(CNC(=O)c1cc2c(C(F)(F)F)nn(C)c2s1)Cn1ccc(C(F)(F)F)n1. The van der Waals surface area contributed by atoms with E-state index in [4.69, 9.17) is 0 Å². The van der Waals surface area contributed by atoms with E-state index in [2.05, 4.69) is 15.5 Å². The third-order valence-electron chi connectivity index (χ3n) is 4.04. The van der Waals surface area contributed by atoms with Crippen molar-refractivity contribution in [2.45, 2.75) is 25.8 Å². The topological polar surface area (TPSA) is 64.7 Å². The van der Waals surface area contributed by atoms with Crippen LogP contribution in [0.15, 0.2) is 18.3 Å². The number of halogens is 6. The molecule has 0 bridgehead atoms. The van der Waals surface area contributed by atoms with Gasteiger partial charge in [0.1, 0.15) is 4.83 Å². The number of alkyl halides is 6. The highest BCUT2D eigenvalue weighted by atomic mass is 32.1. The lowest BCUT2D eigenvalue weighted by molar-refractivity contribution is -0.141. The van der Waals surface area contributed by atoms with Gasteiger partial charge in [0, 0.05) is 31.7 Å². The average Bonchev–Trinajstić information content (AvgIpc) is 3.28. The smallest absolute Gasteiger partial charge is 0.351 e. The van der Waals surface area contributed by atoms with Gasteiger partial charge < -0.3 is 5.32 Å². The second kappa shape index (κ2) is 7.35. The molecule has 1 atom stereocenters. The summed E-state index contributed by atoms with van der Waals surface area (Å²) >= 11 is 0.877. The number of fused-ring (bicyclic) bond motifs is 1. The molecule has 0 fully saturated rings. The summed E-state index contributed by atoms with van der Waals surface area (Å²) in [5.41, 5.74) is -2.06. The Hall–Kier alpha value is -2.57. The van der Waals surface area contributed by atoms with Crippen LogP contribution in [0.5, 0.6) is 0 Å². The summed E-state index contributed by atoms with van der Waals surface area (Å²) < 4.78 is 79.0. The van der Waals surface area contributed by atoms with Crippen LogP contribution in [-0.2, 0) is 25.9 Å². The Balaban J connectivity index is 1.64. The molecule has 0 aromatic carbocycles. The molecule has 3 rings (SSSR count). The zero-order valence-corrected chi connectivity index (χ0v) is 15.9. The summed E-state index contributed by atoms with van der Waals surface area (Å²) in [6.45, 7) is 1.94. The molecule has 3 aromatic rings. The second-order valence-corrected chi connectivity index (χ2v) is 7.57. The van der Waals surface area contributed by atoms with Crippen LogP contribution in [0.4, 0.5) is 26.3 Å². The first-order valence-electron chi connectivity index (χ1n) is 8.29. The molecule has 1 N–H and O–H groups in total. The van der Waals surface area contributed by atoms with E-state index in [0.717, 1.165) is 32.8 Å². The number of rotatable bonds is 5. The maximum absolute atomic E-state index is 13.0. The van der Waals surface area contributed by atoms with Crippen LogP contribution in [0.3, 0.4) is 0 Å². The van der Waals surface area contributed by atoms with Gasteiger partial charge in [0.15, 0.2) is 11.4 Å². The number of amides is 1. The van der Waals surface area contributed by atoms with Gasteiger partial charge in [0.2, 0.25) is 0 Å². The van der Waals surface area contributed by atoms with Crippen molar-refractivity contribution < 1.29 is 31.1 Å². The van der Waals surface area contributed by atoms with Crippen LogP contribution in [-0.4, -0.2) is 32.0 Å². The van der Waals surface area contributed by atoms with Crippen molar-refractivity contribution in [3.63, 3.8) is 0 Å². The molecule has 6 nitrogen and oxygen atoms in total. The van der Waals surface area contributed by atoms with Gasteiger partial charge in [-0.1, -0.05) is 6.92 Å². The molecule has 1 unspecified atom stereocenters. The molecule has 13 heteroatoms. The number of aromatic nitrogens is 4. The standard InChI is InChI=1S/C16H15F6N5OS/c1-8(7-27-4-3-11(24-27)15(17,18)19)6-23-13(28)10-5-9-12(16(20,21)22)25-26(2)14(9)29-10/h3-5,8H,6-7H2,1-2H3,(H,23,28). The number of aryl methyl sites for hydroxylation is 1. The largest absolute Gasteiger partial charge is 0.435 e. The van der Waals surface area contributed by atoms with Crippen molar-refractivity contribution in [1.82, 2.24) is 24.9 Å². The Morgan fingerprint density at radius 2 is 1.90 bits per heavy atom. The highest BCUT2D eigenvalue weighted by Gasteiger charge is 2.37. The predicted molar refractivity (Wildman–Crippen MR) is 92.3 cm³/mol. The van der Waals surface area contributed by atoms with Crippen LogP contribution >= 0.6 is 11.3 Å². The van der Waals surface area contributed by atoms with Crippen molar-refractivity contribution in [2.75, 3.05) is 6.54 Å². The highest BCUT2D eigenvalue weighted by Crippen LogP contribution is 2.37. The van der Waals surface area contributed by atoms with Gasteiger partial charge in [-0.25, -0.2) is 0 Å². The molecule has 0 saturated heterocycles. The monoisotopic (exact) mass is 439 g/mol. The molecule has 0 aliphatic rings. The highest BCUT2D eigenvalue weighted by molar-refractivity contribution is 7.20. The lowest BCUT2D eigenvalue weighted by Gasteiger charge is -2.12. The quantitative estimate of drug-likeness (QED) is 0.613. The van der Waals surface area contributed by atoms with Crippen LogP contribution < -0.4 is 5.32 Å². The predicted octanol–water partition coefficient (Wildman–Crippen LogP) is 3.94. The van der Waals surface area contributed by atoms with Crippen molar-refractivity contribution in [3.8, 4) is 0 Å². The van der Waals surface area contributed by atoms with E-state index < -0.39 is 29.6 Å². The van der Waals surface area contributed by atoms with Crippen LogP contribution in [0.25, 0.3) is 10.2 Å². The molecule has 0 aliphatic carbocycles. The van der Waals surface area contributed by atoms with Gasteiger partial charge in [0.25, 0.3) is 5.91 Å². The third-order valence-corrected chi connectivity index (χ3v) is 5.25. The van der Waals surface area contributed by atoms with Gasteiger partial charge in [-0.15, -0.1) is 11.3 Å². The zero-order chi connectivity index (χ0) is 21.6. The Morgan fingerprint density at radius 3 is 2.48 bits per heavy atom. The van der Waals surface area contributed by atoms with Gasteiger partial charge >= 0.3 is 12.4 Å². The molecule has 0 spiro atoms. The lowest BCUT2D eigenvalue weighted by atomic mass is 10.2. The number of carbonyl (C=O) groups excluding carboxylic acids is 1. The van der Waals surface area contributed by atoms with E-state index >= 15 is 0 Å². The summed E-state index contributed by atoms with van der Waals surface area (Å²) in [7, 11) is 1.36. The molecule has 158 valence electrons. The Kier molecular flexibility index (Phi) is 5.36. The number of carbonyl (C=O) groups is 1.